The van der Waals surface area contributed by atoms with Crippen LogP contribution < -0.4 is 5.32 Å². The molecule has 1 aliphatic heterocycles. The van der Waals surface area contributed by atoms with Gasteiger partial charge in [-0.2, -0.15) is 0 Å². The number of anilines is 1. The highest BCUT2D eigenvalue weighted by molar-refractivity contribution is 6.04. The van der Waals surface area contributed by atoms with Crippen LogP contribution >= 0.6 is 0 Å². The summed E-state index contributed by atoms with van der Waals surface area (Å²) in [7, 11) is 0. The number of hydrogen-bond acceptors (Lipinski definition) is 4. The van der Waals surface area contributed by atoms with Crippen molar-refractivity contribution < 1.29 is 14.0 Å². The van der Waals surface area contributed by atoms with Crippen LogP contribution in [0.3, 0.4) is 0 Å². The highest BCUT2D eigenvalue weighted by Gasteiger charge is 2.23. The molecule has 0 saturated carbocycles. The zero-order valence-corrected chi connectivity index (χ0v) is 18.8. The molecule has 170 valence electrons. The van der Waals surface area contributed by atoms with Gasteiger partial charge in [0.1, 0.15) is 5.82 Å². The average molecular weight is 447 g/mol. The molecule has 3 aromatic rings. The van der Waals surface area contributed by atoms with E-state index in [1.165, 1.54) is 18.3 Å². The van der Waals surface area contributed by atoms with Crippen LogP contribution in [-0.2, 0) is 6.54 Å². The predicted molar refractivity (Wildman–Crippen MR) is 126 cm³/mol. The van der Waals surface area contributed by atoms with Crippen molar-refractivity contribution >= 4 is 17.5 Å². The summed E-state index contributed by atoms with van der Waals surface area (Å²) < 4.78 is 14.4. The van der Waals surface area contributed by atoms with E-state index in [0.717, 1.165) is 16.8 Å². The summed E-state index contributed by atoms with van der Waals surface area (Å²) in [4.78, 5) is 33.4. The van der Waals surface area contributed by atoms with Crippen molar-refractivity contribution in [3.05, 3.63) is 94.6 Å². The lowest BCUT2D eigenvalue weighted by atomic mass is 10.0. The van der Waals surface area contributed by atoms with Gasteiger partial charge in [-0.05, 0) is 61.4 Å². The fraction of sp³-hybridized carbons (Fsp3) is 0.269. The minimum absolute atomic E-state index is 0.0350. The van der Waals surface area contributed by atoms with Crippen LogP contribution in [0.15, 0.2) is 60.8 Å². The van der Waals surface area contributed by atoms with Crippen LogP contribution in [0.25, 0.3) is 0 Å². The number of benzene rings is 2. The summed E-state index contributed by atoms with van der Waals surface area (Å²) in [5, 5.41) is 2.81. The molecule has 1 fully saturated rings. The number of nitrogens with zero attached hydrogens (tertiary/aromatic N) is 3. The molecule has 0 aliphatic carbocycles. The number of carbonyl (C=O) groups is 2. The number of aromatic nitrogens is 1. The quantitative estimate of drug-likeness (QED) is 0.642. The molecule has 0 bridgehead atoms. The summed E-state index contributed by atoms with van der Waals surface area (Å²) in [6.45, 7) is 6.91. The Hall–Kier alpha value is -3.58. The number of aryl methyl sites for hydroxylation is 1. The maximum Gasteiger partial charge on any atom is 0.257 e. The maximum absolute atomic E-state index is 14.4. The molecule has 4 rings (SSSR count). The lowest BCUT2D eigenvalue weighted by Gasteiger charge is -2.35. The second-order valence-electron chi connectivity index (χ2n) is 8.31. The van der Waals surface area contributed by atoms with Crippen LogP contribution in [-0.4, -0.2) is 52.8 Å². The first-order chi connectivity index (χ1) is 15.9. The highest BCUT2D eigenvalue weighted by Crippen LogP contribution is 2.24. The van der Waals surface area contributed by atoms with Gasteiger partial charge in [-0.3, -0.25) is 19.5 Å². The van der Waals surface area contributed by atoms with Crippen LogP contribution in [0.5, 0.6) is 0 Å². The first-order valence-electron chi connectivity index (χ1n) is 11.0. The molecule has 33 heavy (non-hydrogen) atoms. The SMILES string of the molecule is Cc1ccc(C(=O)Nc2cc(F)cc(CN3CCN(C(=O)c4ccccc4)CC3)c2C)cn1. The number of pyridine rings is 1. The Balaban J connectivity index is 1.40. The summed E-state index contributed by atoms with van der Waals surface area (Å²) in [5.74, 6) is -0.686. The molecule has 6 nitrogen and oxygen atoms in total. The van der Waals surface area contributed by atoms with E-state index in [1.54, 1.807) is 12.1 Å². The molecule has 7 heteroatoms. The van der Waals surface area contributed by atoms with Crippen molar-refractivity contribution in [1.29, 1.82) is 0 Å². The van der Waals surface area contributed by atoms with Crippen LogP contribution in [0.1, 0.15) is 37.5 Å². The number of rotatable bonds is 5. The van der Waals surface area contributed by atoms with Crippen molar-refractivity contribution in [2.45, 2.75) is 20.4 Å². The summed E-state index contributed by atoms with van der Waals surface area (Å²) in [6, 6.07) is 15.6. The largest absolute Gasteiger partial charge is 0.336 e. The van der Waals surface area contributed by atoms with Crippen molar-refractivity contribution in [2.24, 2.45) is 0 Å². The van der Waals surface area contributed by atoms with Crippen LogP contribution in [0.2, 0.25) is 0 Å². The second-order valence-corrected chi connectivity index (χ2v) is 8.31. The first kappa shape index (κ1) is 22.6. The van der Waals surface area contributed by atoms with E-state index in [-0.39, 0.29) is 11.8 Å². The van der Waals surface area contributed by atoms with E-state index in [4.69, 9.17) is 0 Å². The average Bonchev–Trinajstić information content (AvgIpc) is 2.83. The van der Waals surface area contributed by atoms with Gasteiger partial charge in [-0.1, -0.05) is 18.2 Å². The van der Waals surface area contributed by atoms with Gasteiger partial charge in [-0.15, -0.1) is 0 Å². The van der Waals surface area contributed by atoms with Gasteiger partial charge in [0.15, 0.2) is 0 Å². The molecule has 0 atom stereocenters. The standard InChI is InChI=1S/C26H27FN4O2/c1-18-8-9-21(16-28-18)25(32)29-24-15-23(27)14-22(19(24)2)17-30-10-12-31(13-11-30)26(33)20-6-4-3-5-7-20/h3-9,14-16H,10-13,17H2,1-2H3,(H,29,32). The van der Waals surface area contributed by atoms with Crippen molar-refractivity contribution in [3.8, 4) is 0 Å². The maximum atomic E-state index is 14.4. The van der Waals surface area contributed by atoms with Gasteiger partial charge in [0.25, 0.3) is 11.8 Å². The third kappa shape index (κ3) is 5.43. The molecule has 2 heterocycles. The Bertz CT molecular complexity index is 1140. The molecular formula is C26H27FN4O2. The molecule has 0 unspecified atom stereocenters. The number of halogens is 1. The minimum Gasteiger partial charge on any atom is -0.336 e. The van der Waals surface area contributed by atoms with E-state index in [1.807, 2.05) is 49.1 Å². The highest BCUT2D eigenvalue weighted by atomic mass is 19.1. The Morgan fingerprint density at radius 2 is 1.70 bits per heavy atom. The summed E-state index contributed by atoms with van der Waals surface area (Å²) >= 11 is 0. The van der Waals surface area contributed by atoms with Crippen molar-refractivity contribution in [3.63, 3.8) is 0 Å². The van der Waals surface area contributed by atoms with Crippen molar-refractivity contribution in [1.82, 2.24) is 14.8 Å². The Labute approximate surface area is 193 Å². The normalized spacial score (nSPS) is 14.2. The lowest BCUT2D eigenvalue weighted by Crippen LogP contribution is -2.48. The molecule has 2 amide bonds. The van der Waals surface area contributed by atoms with E-state index >= 15 is 0 Å². The van der Waals surface area contributed by atoms with E-state index in [0.29, 0.717) is 49.5 Å². The Morgan fingerprint density at radius 3 is 2.36 bits per heavy atom. The first-order valence-corrected chi connectivity index (χ1v) is 11.0. The van der Waals surface area contributed by atoms with Gasteiger partial charge >= 0.3 is 0 Å². The van der Waals surface area contributed by atoms with Crippen LogP contribution in [0, 0.1) is 19.7 Å². The number of piperazine rings is 1. The number of carbonyl (C=O) groups excluding carboxylic acids is 2. The monoisotopic (exact) mass is 446 g/mol. The lowest BCUT2D eigenvalue weighted by molar-refractivity contribution is 0.0628. The smallest absolute Gasteiger partial charge is 0.257 e. The number of hydrogen-bond donors (Lipinski definition) is 1. The van der Waals surface area contributed by atoms with Gasteiger partial charge in [0.2, 0.25) is 0 Å². The zero-order valence-electron chi connectivity index (χ0n) is 18.8. The van der Waals surface area contributed by atoms with Crippen LogP contribution in [0.4, 0.5) is 10.1 Å². The summed E-state index contributed by atoms with van der Waals surface area (Å²) in [5.41, 5.74) is 4.03. The minimum atomic E-state index is -0.397. The van der Waals surface area contributed by atoms with Crippen molar-refractivity contribution in [2.75, 3.05) is 31.5 Å². The van der Waals surface area contributed by atoms with Gasteiger partial charge in [-0.25, -0.2) is 4.39 Å². The molecular weight excluding hydrogens is 419 g/mol. The van der Waals surface area contributed by atoms with E-state index < -0.39 is 5.82 Å². The molecule has 2 aromatic carbocycles. The second kappa shape index (κ2) is 9.92. The zero-order chi connectivity index (χ0) is 23.4. The van der Waals surface area contributed by atoms with E-state index in [2.05, 4.69) is 15.2 Å². The molecule has 0 radical (unpaired) electrons. The van der Waals surface area contributed by atoms with Gasteiger partial charge in [0.05, 0.1) is 5.56 Å². The fourth-order valence-corrected chi connectivity index (χ4v) is 3.94. The molecule has 1 aromatic heterocycles. The number of amides is 2. The molecule has 1 saturated heterocycles. The molecule has 0 spiro atoms. The molecule has 1 aliphatic rings. The third-order valence-electron chi connectivity index (χ3n) is 5.98. The van der Waals surface area contributed by atoms with Gasteiger partial charge in [0, 0.05) is 55.9 Å². The molecule has 1 N–H and O–H groups in total. The fourth-order valence-electron chi connectivity index (χ4n) is 3.94. The Kier molecular flexibility index (Phi) is 6.79. The Morgan fingerprint density at radius 1 is 0.970 bits per heavy atom. The third-order valence-corrected chi connectivity index (χ3v) is 5.98. The van der Waals surface area contributed by atoms with Gasteiger partial charge < -0.3 is 10.2 Å². The topological polar surface area (TPSA) is 65.5 Å². The number of nitrogens with one attached hydrogen (secondary N) is 1. The predicted octanol–water partition coefficient (Wildman–Crippen LogP) is 4.05. The summed E-state index contributed by atoms with van der Waals surface area (Å²) in [6.07, 6.45) is 1.51. The van der Waals surface area contributed by atoms with E-state index in [9.17, 15) is 14.0 Å².